The van der Waals surface area contributed by atoms with E-state index in [0.29, 0.717) is 0 Å². The molecule has 0 radical (unpaired) electrons. The van der Waals surface area contributed by atoms with Gasteiger partial charge in [-0.1, -0.05) is 6.92 Å². The van der Waals surface area contributed by atoms with Gasteiger partial charge >= 0.3 is 0 Å². The second kappa shape index (κ2) is 3.97. The van der Waals surface area contributed by atoms with E-state index >= 15 is 0 Å². The lowest BCUT2D eigenvalue weighted by molar-refractivity contribution is 0.0909. The third-order valence-corrected chi connectivity index (χ3v) is 3.88. The van der Waals surface area contributed by atoms with Gasteiger partial charge in [-0.05, 0) is 45.2 Å². The fraction of sp³-hybridized carbons (Fsp3) is 1.00. The van der Waals surface area contributed by atoms with E-state index in [1.54, 1.807) is 0 Å². The molecule has 2 heteroatoms. The molecule has 2 fully saturated rings. The summed E-state index contributed by atoms with van der Waals surface area (Å²) >= 11 is 0. The zero-order valence-electron chi connectivity index (χ0n) is 8.92. The van der Waals surface area contributed by atoms with Crippen molar-refractivity contribution in [1.29, 1.82) is 0 Å². The number of likely N-dealkylation sites (tertiary alicyclic amines) is 1. The number of rotatable bonds is 2. The Morgan fingerprint density at radius 3 is 2.69 bits per heavy atom. The molecule has 2 saturated heterocycles. The molecule has 2 aliphatic heterocycles. The van der Waals surface area contributed by atoms with Gasteiger partial charge in [-0.3, -0.25) is 4.90 Å². The van der Waals surface area contributed by atoms with Crippen LogP contribution >= 0.6 is 0 Å². The highest BCUT2D eigenvalue weighted by Crippen LogP contribution is 2.23. The van der Waals surface area contributed by atoms with Crippen LogP contribution in [-0.2, 0) is 0 Å². The summed E-state index contributed by atoms with van der Waals surface area (Å²) in [5.74, 6) is 0.897. The van der Waals surface area contributed by atoms with Crippen molar-refractivity contribution in [3.8, 4) is 0 Å². The molecule has 0 aromatic heterocycles. The van der Waals surface area contributed by atoms with E-state index in [0.717, 1.165) is 18.0 Å². The molecule has 13 heavy (non-hydrogen) atoms. The van der Waals surface area contributed by atoms with Crippen LogP contribution in [0, 0.1) is 5.92 Å². The molecule has 2 aliphatic rings. The van der Waals surface area contributed by atoms with E-state index < -0.39 is 0 Å². The summed E-state index contributed by atoms with van der Waals surface area (Å²) in [5.41, 5.74) is 0. The van der Waals surface area contributed by atoms with Crippen molar-refractivity contribution in [1.82, 2.24) is 10.2 Å². The van der Waals surface area contributed by atoms with E-state index in [9.17, 15) is 0 Å². The first-order valence-electron chi connectivity index (χ1n) is 5.75. The van der Waals surface area contributed by atoms with E-state index in [-0.39, 0.29) is 0 Å². The summed E-state index contributed by atoms with van der Waals surface area (Å²) in [7, 11) is 0. The Balaban J connectivity index is 1.82. The molecule has 0 bridgehead atoms. The maximum atomic E-state index is 3.49. The molecule has 0 spiro atoms. The quantitative estimate of drug-likeness (QED) is 0.695. The molecule has 1 N–H and O–H groups in total. The molecule has 0 aromatic rings. The number of hydrogen-bond donors (Lipinski definition) is 1. The van der Waals surface area contributed by atoms with Gasteiger partial charge in [0.05, 0.1) is 0 Å². The summed E-state index contributed by atoms with van der Waals surface area (Å²) in [6.45, 7) is 8.63. The van der Waals surface area contributed by atoms with Crippen molar-refractivity contribution >= 4 is 0 Å². The number of hydrogen-bond acceptors (Lipinski definition) is 2. The first kappa shape index (κ1) is 9.47. The van der Waals surface area contributed by atoms with Crippen LogP contribution in [0.25, 0.3) is 0 Å². The summed E-state index contributed by atoms with van der Waals surface area (Å²) < 4.78 is 0. The topological polar surface area (TPSA) is 15.3 Å². The number of nitrogens with one attached hydrogen (secondary N) is 1. The minimum absolute atomic E-state index is 0.799. The first-order valence-corrected chi connectivity index (χ1v) is 5.75. The van der Waals surface area contributed by atoms with Crippen LogP contribution in [0.5, 0.6) is 0 Å². The van der Waals surface area contributed by atoms with Gasteiger partial charge in [0.2, 0.25) is 0 Å². The van der Waals surface area contributed by atoms with Gasteiger partial charge in [0.15, 0.2) is 0 Å². The standard InChI is InChI=1S/C11H22N2/c1-9-4-3-7-13(10(9)2)8-11-5-6-12-11/h9-12H,3-8H2,1-2H3. The van der Waals surface area contributed by atoms with Crippen molar-refractivity contribution < 1.29 is 0 Å². The predicted octanol–water partition coefficient (Wildman–Crippen LogP) is 1.47. The maximum absolute atomic E-state index is 3.49. The molecule has 0 saturated carbocycles. The van der Waals surface area contributed by atoms with Gasteiger partial charge < -0.3 is 5.32 Å². The van der Waals surface area contributed by atoms with Crippen LogP contribution in [-0.4, -0.2) is 36.6 Å². The Kier molecular flexibility index (Phi) is 2.89. The predicted molar refractivity (Wildman–Crippen MR) is 55.8 cm³/mol. The molecule has 2 rings (SSSR count). The van der Waals surface area contributed by atoms with Crippen LogP contribution in [0.15, 0.2) is 0 Å². The Morgan fingerprint density at radius 1 is 1.31 bits per heavy atom. The largest absolute Gasteiger partial charge is 0.313 e. The van der Waals surface area contributed by atoms with Crippen molar-refractivity contribution in [2.75, 3.05) is 19.6 Å². The van der Waals surface area contributed by atoms with Crippen LogP contribution in [0.1, 0.15) is 33.1 Å². The molecule has 3 unspecified atom stereocenters. The average Bonchev–Trinajstić information content (AvgIpc) is 2.04. The number of piperidine rings is 1. The highest BCUT2D eigenvalue weighted by Gasteiger charge is 2.28. The smallest absolute Gasteiger partial charge is 0.0207 e. The third kappa shape index (κ3) is 2.05. The molecule has 0 aromatic carbocycles. The average molecular weight is 182 g/mol. The van der Waals surface area contributed by atoms with Crippen LogP contribution in [0.3, 0.4) is 0 Å². The summed E-state index contributed by atoms with van der Waals surface area (Å²) in [5, 5.41) is 3.49. The molecular formula is C11H22N2. The fourth-order valence-electron chi connectivity index (χ4n) is 2.47. The minimum Gasteiger partial charge on any atom is -0.313 e. The zero-order valence-corrected chi connectivity index (χ0v) is 8.92. The van der Waals surface area contributed by atoms with Crippen LogP contribution < -0.4 is 5.32 Å². The number of nitrogens with zero attached hydrogens (tertiary/aromatic N) is 1. The van der Waals surface area contributed by atoms with Gasteiger partial charge in [-0.25, -0.2) is 0 Å². The van der Waals surface area contributed by atoms with E-state index in [4.69, 9.17) is 0 Å². The molecule has 0 amide bonds. The van der Waals surface area contributed by atoms with Crippen molar-refractivity contribution in [3.05, 3.63) is 0 Å². The Hall–Kier alpha value is -0.0800. The Bertz CT molecular complexity index is 165. The van der Waals surface area contributed by atoms with Gasteiger partial charge in [-0.2, -0.15) is 0 Å². The summed E-state index contributed by atoms with van der Waals surface area (Å²) in [4.78, 5) is 2.67. The lowest BCUT2D eigenvalue weighted by atomic mass is 9.91. The Labute approximate surface area is 81.7 Å². The molecule has 3 atom stereocenters. The van der Waals surface area contributed by atoms with E-state index in [1.165, 1.54) is 38.9 Å². The highest BCUT2D eigenvalue weighted by molar-refractivity contribution is 4.86. The lowest BCUT2D eigenvalue weighted by Gasteiger charge is -2.42. The highest BCUT2D eigenvalue weighted by atomic mass is 15.2. The van der Waals surface area contributed by atoms with Crippen molar-refractivity contribution in [3.63, 3.8) is 0 Å². The molecule has 0 aliphatic carbocycles. The normalized spacial score (nSPS) is 41.5. The van der Waals surface area contributed by atoms with Crippen LogP contribution in [0.4, 0.5) is 0 Å². The third-order valence-electron chi connectivity index (χ3n) is 3.88. The molecule has 2 heterocycles. The van der Waals surface area contributed by atoms with E-state index in [1.807, 2.05) is 0 Å². The summed E-state index contributed by atoms with van der Waals surface area (Å²) in [6.07, 6.45) is 4.21. The minimum atomic E-state index is 0.799. The second-order valence-corrected chi connectivity index (χ2v) is 4.79. The second-order valence-electron chi connectivity index (χ2n) is 4.79. The van der Waals surface area contributed by atoms with Crippen molar-refractivity contribution in [2.24, 2.45) is 5.92 Å². The van der Waals surface area contributed by atoms with Gasteiger partial charge in [0.1, 0.15) is 0 Å². The van der Waals surface area contributed by atoms with E-state index in [2.05, 4.69) is 24.1 Å². The summed E-state index contributed by atoms with van der Waals surface area (Å²) in [6, 6.07) is 1.60. The van der Waals surface area contributed by atoms with Gasteiger partial charge in [0, 0.05) is 18.6 Å². The zero-order chi connectivity index (χ0) is 9.26. The molecule has 76 valence electrons. The van der Waals surface area contributed by atoms with Gasteiger partial charge in [-0.15, -0.1) is 0 Å². The fourth-order valence-corrected chi connectivity index (χ4v) is 2.47. The maximum Gasteiger partial charge on any atom is 0.0207 e. The first-order chi connectivity index (χ1) is 6.27. The molecular weight excluding hydrogens is 160 g/mol. The van der Waals surface area contributed by atoms with Crippen LogP contribution in [0.2, 0.25) is 0 Å². The monoisotopic (exact) mass is 182 g/mol. The lowest BCUT2D eigenvalue weighted by Crippen LogP contribution is -2.54. The van der Waals surface area contributed by atoms with Crippen molar-refractivity contribution in [2.45, 2.75) is 45.2 Å². The van der Waals surface area contributed by atoms with Gasteiger partial charge in [0.25, 0.3) is 0 Å². The molecule has 2 nitrogen and oxygen atoms in total. The Morgan fingerprint density at radius 2 is 2.08 bits per heavy atom. The SMILES string of the molecule is CC1CCCN(CC2CCN2)C1C.